The van der Waals surface area contributed by atoms with E-state index in [1.54, 1.807) is 29.2 Å². The number of halogens is 1. The lowest BCUT2D eigenvalue weighted by Gasteiger charge is -2.31. The van der Waals surface area contributed by atoms with E-state index >= 15 is 0 Å². The molecule has 26 heavy (non-hydrogen) atoms. The molecule has 0 atom stereocenters. The average Bonchev–Trinajstić information content (AvgIpc) is 2.68. The maximum atomic E-state index is 13.5. The molecular formula is C19H18FN3O3. The highest BCUT2D eigenvalue weighted by molar-refractivity contribution is 5.77. The minimum absolute atomic E-state index is 0.0352. The molecule has 0 spiro atoms. The fourth-order valence-electron chi connectivity index (χ4n) is 2.70. The summed E-state index contributed by atoms with van der Waals surface area (Å²) in [5.41, 5.74) is 0.479. The van der Waals surface area contributed by atoms with Crippen LogP contribution in [0.5, 0.6) is 11.6 Å². The van der Waals surface area contributed by atoms with Gasteiger partial charge in [-0.2, -0.15) is 5.26 Å². The molecule has 7 heteroatoms. The molecule has 0 N–H and O–H groups in total. The first kappa shape index (κ1) is 17.7. The van der Waals surface area contributed by atoms with Crippen LogP contribution in [0.25, 0.3) is 0 Å². The van der Waals surface area contributed by atoms with Gasteiger partial charge in [0.05, 0.1) is 5.56 Å². The molecule has 0 unspecified atom stereocenters. The molecule has 1 aromatic heterocycles. The van der Waals surface area contributed by atoms with Crippen LogP contribution in [0, 0.1) is 17.1 Å². The second kappa shape index (κ2) is 8.30. The van der Waals surface area contributed by atoms with Crippen LogP contribution in [-0.4, -0.2) is 41.6 Å². The van der Waals surface area contributed by atoms with Crippen LogP contribution >= 0.6 is 0 Å². The SMILES string of the molecule is N#Cc1ccc(OC2CCN(C(=O)COc3ccccc3F)CC2)nc1. The van der Waals surface area contributed by atoms with Crippen LogP contribution in [0.4, 0.5) is 4.39 Å². The smallest absolute Gasteiger partial charge is 0.260 e. The van der Waals surface area contributed by atoms with Crippen LogP contribution in [0.1, 0.15) is 18.4 Å². The van der Waals surface area contributed by atoms with Gasteiger partial charge >= 0.3 is 0 Å². The zero-order valence-corrected chi connectivity index (χ0v) is 14.1. The molecule has 6 nitrogen and oxygen atoms in total. The third-order valence-corrected chi connectivity index (χ3v) is 4.14. The Balaban J connectivity index is 1.44. The second-order valence-electron chi connectivity index (χ2n) is 5.91. The van der Waals surface area contributed by atoms with Crippen molar-refractivity contribution in [2.24, 2.45) is 0 Å². The molecule has 1 aliphatic heterocycles. The van der Waals surface area contributed by atoms with Gasteiger partial charge in [-0.25, -0.2) is 9.37 Å². The first-order valence-corrected chi connectivity index (χ1v) is 8.33. The predicted molar refractivity (Wildman–Crippen MR) is 91.1 cm³/mol. The number of hydrogen-bond donors (Lipinski definition) is 0. The van der Waals surface area contributed by atoms with Crippen LogP contribution < -0.4 is 9.47 Å². The summed E-state index contributed by atoms with van der Waals surface area (Å²) in [6, 6.07) is 11.3. The number of para-hydroxylation sites is 1. The van der Waals surface area contributed by atoms with Gasteiger partial charge in [0.1, 0.15) is 12.2 Å². The summed E-state index contributed by atoms with van der Waals surface area (Å²) in [5.74, 6) is -0.117. The van der Waals surface area contributed by atoms with Crippen LogP contribution in [0.3, 0.4) is 0 Å². The van der Waals surface area contributed by atoms with Gasteiger partial charge in [-0.05, 0) is 18.2 Å². The Hall–Kier alpha value is -3.14. The number of piperidine rings is 1. The Kier molecular flexibility index (Phi) is 5.64. The van der Waals surface area contributed by atoms with E-state index in [-0.39, 0.29) is 24.4 Å². The highest BCUT2D eigenvalue weighted by atomic mass is 19.1. The number of ether oxygens (including phenoxy) is 2. The van der Waals surface area contributed by atoms with Crippen molar-refractivity contribution in [2.75, 3.05) is 19.7 Å². The van der Waals surface area contributed by atoms with E-state index in [4.69, 9.17) is 14.7 Å². The lowest BCUT2D eigenvalue weighted by Crippen LogP contribution is -2.43. The van der Waals surface area contributed by atoms with Crippen molar-refractivity contribution in [3.63, 3.8) is 0 Å². The number of rotatable bonds is 5. The Bertz CT molecular complexity index is 796. The van der Waals surface area contributed by atoms with Crippen LogP contribution in [0.15, 0.2) is 42.6 Å². The monoisotopic (exact) mass is 355 g/mol. The Morgan fingerprint density at radius 1 is 1.27 bits per heavy atom. The van der Waals surface area contributed by atoms with Gasteiger partial charge in [0.2, 0.25) is 5.88 Å². The molecule has 0 radical (unpaired) electrons. The summed E-state index contributed by atoms with van der Waals surface area (Å²) >= 11 is 0. The molecule has 2 heterocycles. The number of benzene rings is 1. The molecule has 1 fully saturated rings. The summed E-state index contributed by atoms with van der Waals surface area (Å²) in [6.07, 6.45) is 2.78. The molecule has 0 aliphatic carbocycles. The third-order valence-electron chi connectivity index (χ3n) is 4.14. The van der Waals surface area contributed by atoms with E-state index in [1.165, 1.54) is 18.3 Å². The van der Waals surface area contributed by atoms with Crippen molar-refractivity contribution in [3.8, 4) is 17.7 Å². The minimum atomic E-state index is -0.484. The first-order valence-electron chi connectivity index (χ1n) is 8.33. The summed E-state index contributed by atoms with van der Waals surface area (Å²) in [5, 5.41) is 8.76. The van der Waals surface area contributed by atoms with Crippen LogP contribution in [-0.2, 0) is 4.79 Å². The van der Waals surface area contributed by atoms with Crippen molar-refractivity contribution < 1.29 is 18.7 Å². The van der Waals surface area contributed by atoms with Crippen LogP contribution in [0.2, 0.25) is 0 Å². The van der Waals surface area contributed by atoms with E-state index in [2.05, 4.69) is 4.98 Å². The Labute approximate surface area is 150 Å². The summed E-state index contributed by atoms with van der Waals surface area (Å²) < 4.78 is 24.5. The molecule has 1 aliphatic rings. The van der Waals surface area contributed by atoms with Gasteiger partial charge in [-0.15, -0.1) is 0 Å². The summed E-state index contributed by atoms with van der Waals surface area (Å²) in [7, 11) is 0. The number of carbonyl (C=O) groups is 1. The first-order chi connectivity index (χ1) is 12.7. The molecule has 134 valence electrons. The standard InChI is InChI=1S/C19H18FN3O3/c20-16-3-1-2-4-17(16)25-13-19(24)23-9-7-15(8-10-23)26-18-6-5-14(11-21)12-22-18/h1-6,12,15H,7-10,13H2. The van der Waals surface area contributed by atoms with Crippen molar-refractivity contribution in [1.82, 2.24) is 9.88 Å². The topological polar surface area (TPSA) is 75.5 Å². The lowest BCUT2D eigenvalue weighted by atomic mass is 10.1. The number of likely N-dealkylation sites (tertiary alicyclic amines) is 1. The maximum absolute atomic E-state index is 13.5. The van der Waals surface area contributed by atoms with Crippen molar-refractivity contribution in [3.05, 3.63) is 54.0 Å². The van der Waals surface area contributed by atoms with E-state index in [0.29, 0.717) is 37.4 Å². The largest absolute Gasteiger partial charge is 0.481 e. The van der Waals surface area contributed by atoms with E-state index < -0.39 is 5.82 Å². The number of nitrogens with zero attached hydrogens (tertiary/aromatic N) is 3. The van der Waals surface area contributed by atoms with E-state index in [1.807, 2.05) is 6.07 Å². The molecule has 2 aromatic rings. The molecular weight excluding hydrogens is 337 g/mol. The molecule has 1 amide bonds. The number of aromatic nitrogens is 1. The Morgan fingerprint density at radius 3 is 2.69 bits per heavy atom. The number of nitriles is 1. The van der Waals surface area contributed by atoms with Crippen molar-refractivity contribution in [1.29, 1.82) is 5.26 Å². The normalized spacial score (nSPS) is 14.5. The zero-order valence-electron chi connectivity index (χ0n) is 14.1. The molecule has 3 rings (SSSR count). The van der Waals surface area contributed by atoms with E-state index in [9.17, 15) is 9.18 Å². The fourth-order valence-corrected chi connectivity index (χ4v) is 2.70. The zero-order chi connectivity index (χ0) is 18.4. The van der Waals surface area contributed by atoms with Gasteiger partial charge < -0.3 is 14.4 Å². The number of pyridine rings is 1. The third kappa shape index (κ3) is 4.48. The van der Waals surface area contributed by atoms with E-state index in [0.717, 1.165) is 0 Å². The number of hydrogen-bond acceptors (Lipinski definition) is 5. The average molecular weight is 355 g/mol. The van der Waals surface area contributed by atoms with Gasteiger partial charge in [0.15, 0.2) is 18.2 Å². The van der Waals surface area contributed by atoms with Gasteiger partial charge in [0.25, 0.3) is 5.91 Å². The maximum Gasteiger partial charge on any atom is 0.260 e. The van der Waals surface area contributed by atoms with Crippen molar-refractivity contribution >= 4 is 5.91 Å². The molecule has 1 aromatic carbocycles. The second-order valence-corrected chi connectivity index (χ2v) is 5.91. The van der Waals surface area contributed by atoms with Crippen molar-refractivity contribution in [2.45, 2.75) is 18.9 Å². The highest BCUT2D eigenvalue weighted by Crippen LogP contribution is 2.19. The minimum Gasteiger partial charge on any atom is -0.481 e. The Morgan fingerprint density at radius 2 is 2.04 bits per heavy atom. The summed E-state index contributed by atoms with van der Waals surface area (Å²) in [4.78, 5) is 18.0. The molecule has 0 bridgehead atoms. The number of carbonyl (C=O) groups excluding carboxylic acids is 1. The molecule has 0 saturated carbocycles. The highest BCUT2D eigenvalue weighted by Gasteiger charge is 2.24. The van der Waals surface area contributed by atoms with Gasteiger partial charge in [-0.1, -0.05) is 12.1 Å². The predicted octanol–water partition coefficient (Wildman–Crippen LogP) is 2.54. The lowest BCUT2D eigenvalue weighted by molar-refractivity contribution is -0.135. The number of amides is 1. The quantitative estimate of drug-likeness (QED) is 0.824. The van der Waals surface area contributed by atoms with Gasteiger partial charge in [0, 0.05) is 38.2 Å². The molecule has 1 saturated heterocycles. The fraction of sp³-hybridized carbons (Fsp3) is 0.316. The van der Waals surface area contributed by atoms with Gasteiger partial charge in [-0.3, -0.25) is 4.79 Å². The summed E-state index contributed by atoms with van der Waals surface area (Å²) in [6.45, 7) is 0.893.